The molecular formula is C14H28N2O. The number of hydrogen-bond acceptors (Lipinski definition) is 3. The summed E-state index contributed by atoms with van der Waals surface area (Å²) in [5.74, 6) is 0.745. The molecule has 2 N–H and O–H groups in total. The summed E-state index contributed by atoms with van der Waals surface area (Å²) >= 11 is 0. The van der Waals surface area contributed by atoms with E-state index >= 15 is 0 Å². The smallest absolute Gasteiger partial charge is 0.0613 e. The molecule has 0 spiro atoms. The lowest BCUT2D eigenvalue weighted by molar-refractivity contribution is 0.135. The fourth-order valence-electron chi connectivity index (χ4n) is 3.25. The molecule has 0 aliphatic heterocycles. The first kappa shape index (κ1) is 13.3. The van der Waals surface area contributed by atoms with E-state index in [2.05, 4.69) is 24.1 Å². The first-order chi connectivity index (χ1) is 8.10. The van der Waals surface area contributed by atoms with E-state index in [-0.39, 0.29) is 12.1 Å². The van der Waals surface area contributed by atoms with E-state index in [4.69, 9.17) is 0 Å². The Morgan fingerprint density at radius 3 is 2.41 bits per heavy atom. The lowest BCUT2D eigenvalue weighted by Crippen LogP contribution is -2.46. The van der Waals surface area contributed by atoms with Crippen LogP contribution in [-0.4, -0.2) is 47.8 Å². The van der Waals surface area contributed by atoms with Crippen LogP contribution in [0.3, 0.4) is 0 Å². The van der Waals surface area contributed by atoms with Crippen molar-refractivity contribution in [1.29, 1.82) is 0 Å². The van der Waals surface area contributed by atoms with Crippen molar-refractivity contribution in [2.75, 3.05) is 20.2 Å². The van der Waals surface area contributed by atoms with Crippen LogP contribution in [0.15, 0.2) is 0 Å². The highest BCUT2D eigenvalue weighted by Crippen LogP contribution is 2.38. The first-order valence-corrected chi connectivity index (χ1v) is 7.16. The molecule has 0 aromatic heterocycles. The largest absolute Gasteiger partial charge is 0.394 e. The van der Waals surface area contributed by atoms with E-state index in [0.717, 1.165) is 24.8 Å². The molecule has 0 bridgehead atoms. The number of aliphatic hydroxyl groups excluding tert-OH is 1. The van der Waals surface area contributed by atoms with Gasteiger partial charge in [-0.3, -0.25) is 4.90 Å². The molecule has 2 fully saturated rings. The predicted molar refractivity (Wildman–Crippen MR) is 71.1 cm³/mol. The van der Waals surface area contributed by atoms with E-state index in [0.29, 0.717) is 6.04 Å². The molecule has 0 radical (unpaired) electrons. The standard InChI is InChI=1S/C14H28N2O/c1-11(2)9-16(12-4-5-12)13-6-7-14(8-13,10-17)15-3/h11-13,15,17H,4-10H2,1-3H3. The summed E-state index contributed by atoms with van der Waals surface area (Å²) in [6.07, 6.45) is 6.24. The SMILES string of the molecule is CNC1(CO)CCC(N(CC(C)C)C2CC2)C1. The summed E-state index contributed by atoms with van der Waals surface area (Å²) in [7, 11) is 1.99. The lowest BCUT2D eigenvalue weighted by atomic mass is 9.98. The van der Waals surface area contributed by atoms with Gasteiger partial charge in [-0.2, -0.15) is 0 Å². The number of rotatable bonds is 6. The first-order valence-electron chi connectivity index (χ1n) is 7.16. The van der Waals surface area contributed by atoms with E-state index in [1.165, 1.54) is 25.8 Å². The minimum absolute atomic E-state index is 0.00517. The van der Waals surface area contributed by atoms with Crippen LogP contribution in [0.4, 0.5) is 0 Å². The third-order valence-corrected chi connectivity index (χ3v) is 4.48. The molecule has 2 saturated carbocycles. The second-order valence-electron chi connectivity index (χ2n) is 6.41. The van der Waals surface area contributed by atoms with Crippen LogP contribution in [0, 0.1) is 5.92 Å². The van der Waals surface area contributed by atoms with Gasteiger partial charge in [-0.15, -0.1) is 0 Å². The Bertz CT molecular complexity index is 247. The second-order valence-corrected chi connectivity index (χ2v) is 6.41. The zero-order valence-electron chi connectivity index (χ0n) is 11.6. The highest BCUT2D eigenvalue weighted by molar-refractivity contribution is 5.01. The number of hydrogen-bond donors (Lipinski definition) is 2. The van der Waals surface area contributed by atoms with Crippen LogP contribution < -0.4 is 5.32 Å². The van der Waals surface area contributed by atoms with Gasteiger partial charge in [0.05, 0.1) is 6.61 Å². The average Bonchev–Trinajstić information content (AvgIpc) is 3.06. The van der Waals surface area contributed by atoms with Crippen molar-refractivity contribution in [3.05, 3.63) is 0 Å². The molecular weight excluding hydrogens is 212 g/mol. The van der Waals surface area contributed by atoms with Gasteiger partial charge in [0.15, 0.2) is 0 Å². The van der Waals surface area contributed by atoms with E-state index in [1.54, 1.807) is 0 Å². The molecule has 0 saturated heterocycles. The highest BCUT2D eigenvalue weighted by Gasteiger charge is 2.43. The van der Waals surface area contributed by atoms with Gasteiger partial charge < -0.3 is 10.4 Å². The number of aliphatic hydroxyl groups is 1. The zero-order chi connectivity index (χ0) is 12.5. The molecule has 0 heterocycles. The third-order valence-electron chi connectivity index (χ3n) is 4.48. The molecule has 100 valence electrons. The molecule has 17 heavy (non-hydrogen) atoms. The Kier molecular flexibility index (Phi) is 4.11. The maximum Gasteiger partial charge on any atom is 0.0613 e. The van der Waals surface area contributed by atoms with Crippen molar-refractivity contribution in [3.8, 4) is 0 Å². The van der Waals surface area contributed by atoms with Crippen LogP contribution in [0.1, 0.15) is 46.0 Å². The Hall–Kier alpha value is -0.120. The third kappa shape index (κ3) is 3.01. The molecule has 2 aliphatic carbocycles. The van der Waals surface area contributed by atoms with Crippen molar-refractivity contribution >= 4 is 0 Å². The van der Waals surface area contributed by atoms with E-state index < -0.39 is 0 Å². The normalized spacial score (nSPS) is 33.9. The van der Waals surface area contributed by atoms with Crippen molar-refractivity contribution in [3.63, 3.8) is 0 Å². The van der Waals surface area contributed by atoms with Gasteiger partial charge in [-0.05, 0) is 45.1 Å². The van der Waals surface area contributed by atoms with Gasteiger partial charge >= 0.3 is 0 Å². The van der Waals surface area contributed by atoms with Gasteiger partial charge in [0.25, 0.3) is 0 Å². The van der Waals surface area contributed by atoms with Crippen LogP contribution in [0.2, 0.25) is 0 Å². The monoisotopic (exact) mass is 240 g/mol. The Morgan fingerprint density at radius 2 is 2.00 bits per heavy atom. The van der Waals surface area contributed by atoms with Crippen LogP contribution in [-0.2, 0) is 0 Å². The molecule has 0 aromatic carbocycles. The summed E-state index contributed by atoms with van der Waals surface area (Å²) < 4.78 is 0. The van der Waals surface area contributed by atoms with Crippen molar-refractivity contribution < 1.29 is 5.11 Å². The Balaban J connectivity index is 1.96. The predicted octanol–water partition coefficient (Wildman–Crippen LogP) is 1.61. The summed E-state index contributed by atoms with van der Waals surface area (Å²) in [6, 6.07) is 1.53. The number of likely N-dealkylation sites (N-methyl/N-ethyl adjacent to an activating group) is 1. The minimum Gasteiger partial charge on any atom is -0.394 e. The van der Waals surface area contributed by atoms with Gasteiger partial charge in [-0.1, -0.05) is 13.8 Å². The molecule has 3 nitrogen and oxygen atoms in total. The summed E-state index contributed by atoms with van der Waals surface area (Å²) in [6.45, 7) is 6.12. The van der Waals surface area contributed by atoms with Gasteiger partial charge in [0.2, 0.25) is 0 Å². The molecule has 2 atom stereocenters. The van der Waals surface area contributed by atoms with Gasteiger partial charge in [0.1, 0.15) is 0 Å². The van der Waals surface area contributed by atoms with E-state index in [1.807, 2.05) is 7.05 Å². The molecule has 2 aliphatic rings. The Morgan fingerprint density at radius 1 is 1.29 bits per heavy atom. The van der Waals surface area contributed by atoms with E-state index in [9.17, 15) is 5.11 Å². The quantitative estimate of drug-likeness (QED) is 0.740. The molecule has 0 amide bonds. The number of nitrogens with zero attached hydrogens (tertiary/aromatic N) is 1. The van der Waals surface area contributed by atoms with Crippen molar-refractivity contribution in [2.24, 2.45) is 5.92 Å². The molecule has 0 aromatic rings. The number of nitrogens with one attached hydrogen (secondary N) is 1. The zero-order valence-corrected chi connectivity index (χ0v) is 11.6. The van der Waals surface area contributed by atoms with Gasteiger partial charge in [0, 0.05) is 24.2 Å². The maximum absolute atomic E-state index is 9.57. The molecule has 2 unspecified atom stereocenters. The van der Waals surface area contributed by atoms with Crippen LogP contribution in [0.5, 0.6) is 0 Å². The minimum atomic E-state index is -0.00517. The summed E-state index contributed by atoms with van der Waals surface area (Å²) in [5, 5.41) is 12.9. The average molecular weight is 240 g/mol. The van der Waals surface area contributed by atoms with Gasteiger partial charge in [-0.25, -0.2) is 0 Å². The lowest BCUT2D eigenvalue weighted by Gasteiger charge is -2.33. The van der Waals surface area contributed by atoms with Crippen molar-refractivity contribution in [2.45, 2.75) is 63.6 Å². The molecule has 2 rings (SSSR count). The Labute approximate surface area is 106 Å². The van der Waals surface area contributed by atoms with Crippen LogP contribution in [0.25, 0.3) is 0 Å². The summed E-state index contributed by atoms with van der Waals surface area (Å²) in [5.41, 5.74) is -0.00517. The van der Waals surface area contributed by atoms with Crippen molar-refractivity contribution in [1.82, 2.24) is 10.2 Å². The fraction of sp³-hybridized carbons (Fsp3) is 1.00. The molecule has 3 heteroatoms. The summed E-state index contributed by atoms with van der Waals surface area (Å²) in [4.78, 5) is 2.72. The highest BCUT2D eigenvalue weighted by atomic mass is 16.3. The fourth-order valence-corrected chi connectivity index (χ4v) is 3.25. The second kappa shape index (κ2) is 5.25. The topological polar surface area (TPSA) is 35.5 Å². The van der Waals surface area contributed by atoms with Crippen LogP contribution >= 0.6 is 0 Å². The maximum atomic E-state index is 9.57.